The summed E-state index contributed by atoms with van der Waals surface area (Å²) in [6, 6.07) is 4.63. The Kier molecular flexibility index (Phi) is 5.89. The number of hydrazine groups is 1. The molecule has 1 amide bonds. The largest absolute Gasteiger partial charge is 0.348 e. The number of ether oxygens (including phenoxy) is 2. The maximum atomic E-state index is 14.3. The highest BCUT2D eigenvalue weighted by Crippen LogP contribution is 2.25. The number of nitrogens with one attached hydrogen (secondary N) is 2. The summed E-state index contributed by atoms with van der Waals surface area (Å²) >= 11 is 3.23. The normalized spacial score (nSPS) is 22.5. The number of hydrogen-bond acceptors (Lipinski definition) is 8. The lowest BCUT2D eigenvalue weighted by atomic mass is 10.2. The first-order valence-electron chi connectivity index (χ1n) is 9.26. The molecule has 0 aromatic heterocycles. The van der Waals surface area contributed by atoms with Crippen molar-refractivity contribution in [1.82, 2.24) is 15.4 Å². The van der Waals surface area contributed by atoms with E-state index in [0.29, 0.717) is 17.6 Å². The lowest BCUT2D eigenvalue weighted by molar-refractivity contribution is -0.152. The third-order valence-corrected chi connectivity index (χ3v) is 5.03. The van der Waals surface area contributed by atoms with E-state index in [9.17, 15) is 9.18 Å². The van der Waals surface area contributed by atoms with Crippen LogP contribution in [0.1, 0.15) is 13.8 Å². The van der Waals surface area contributed by atoms with E-state index >= 15 is 0 Å². The molecule has 3 aliphatic heterocycles. The number of halogens is 2. The van der Waals surface area contributed by atoms with Gasteiger partial charge in [0.25, 0.3) is 5.91 Å². The Morgan fingerprint density at radius 3 is 3.07 bits per heavy atom. The van der Waals surface area contributed by atoms with Crippen molar-refractivity contribution < 1.29 is 23.5 Å². The third-order valence-electron chi connectivity index (χ3n) is 4.54. The lowest BCUT2D eigenvalue weighted by Gasteiger charge is -2.29. The van der Waals surface area contributed by atoms with Crippen molar-refractivity contribution in [2.24, 2.45) is 4.99 Å². The van der Waals surface area contributed by atoms with Crippen LogP contribution in [0, 0.1) is 5.82 Å². The molecule has 1 radical (unpaired) electrons. The van der Waals surface area contributed by atoms with Gasteiger partial charge in [0.15, 0.2) is 17.7 Å². The minimum atomic E-state index is -0.669. The Bertz CT molecular complexity index is 935. The van der Waals surface area contributed by atoms with Gasteiger partial charge in [-0.25, -0.2) is 14.9 Å². The van der Waals surface area contributed by atoms with E-state index in [1.807, 2.05) is 13.8 Å². The minimum absolute atomic E-state index is 0.132. The monoisotopic (exact) mass is 481 g/mol. The Labute approximate surface area is 181 Å². The van der Waals surface area contributed by atoms with Crippen LogP contribution in [0.5, 0.6) is 0 Å². The first-order valence-corrected chi connectivity index (χ1v) is 10.1. The zero-order valence-electron chi connectivity index (χ0n) is 16.4. The van der Waals surface area contributed by atoms with Crippen LogP contribution in [0.2, 0.25) is 0 Å². The summed E-state index contributed by atoms with van der Waals surface area (Å²) in [5.74, 6) is -1.63. The van der Waals surface area contributed by atoms with Crippen molar-refractivity contribution in [3.05, 3.63) is 52.3 Å². The van der Waals surface area contributed by atoms with Gasteiger partial charge in [-0.3, -0.25) is 20.1 Å². The van der Waals surface area contributed by atoms with Crippen molar-refractivity contribution in [3.63, 3.8) is 0 Å². The molecule has 1 saturated heterocycles. The van der Waals surface area contributed by atoms with Crippen LogP contribution in [-0.2, 0) is 19.1 Å². The fourth-order valence-corrected chi connectivity index (χ4v) is 3.46. The molecule has 4 rings (SSSR count). The molecule has 3 heterocycles. The van der Waals surface area contributed by atoms with Crippen molar-refractivity contribution in [2.45, 2.75) is 25.7 Å². The average Bonchev–Trinajstić information content (AvgIpc) is 3.28. The van der Waals surface area contributed by atoms with E-state index in [4.69, 9.17) is 14.3 Å². The summed E-state index contributed by atoms with van der Waals surface area (Å²) in [6.45, 7) is 4.43. The molecule has 2 N–H and O–H groups in total. The Balaban J connectivity index is 1.43. The number of rotatable bonds is 6. The van der Waals surface area contributed by atoms with Gasteiger partial charge in [0.2, 0.25) is 12.0 Å². The van der Waals surface area contributed by atoms with Gasteiger partial charge in [0, 0.05) is 4.47 Å². The van der Waals surface area contributed by atoms with Gasteiger partial charge in [-0.2, -0.15) is 0 Å². The minimum Gasteiger partial charge on any atom is -0.348 e. The Hall–Kier alpha value is -2.31. The molecule has 1 fully saturated rings. The van der Waals surface area contributed by atoms with Crippen molar-refractivity contribution in [3.8, 4) is 0 Å². The van der Waals surface area contributed by atoms with Gasteiger partial charge in [-0.05, 0) is 32.0 Å². The predicted octanol–water partition coefficient (Wildman–Crippen LogP) is 2.29. The summed E-state index contributed by atoms with van der Waals surface area (Å²) in [5.41, 5.74) is 6.64. The molecule has 1 aromatic rings. The molecule has 0 spiro atoms. The van der Waals surface area contributed by atoms with Crippen LogP contribution >= 0.6 is 15.9 Å². The molecule has 0 aliphatic carbocycles. The second-order valence-corrected chi connectivity index (χ2v) is 8.24. The molecule has 3 aliphatic rings. The standard InChI is InChI=1S/C19H21BrFN5O4/c1-19(2)28-9-14(30-19)10-29-24-18(27)17-8-25-11-22-6-13(25)7-26(17)23-16-4-3-12(20)5-15(16)21/h3-6,8,11,14,23H,7,9-10H2,1-2H3,(H,24,27)/q+1. The van der Waals surface area contributed by atoms with Crippen molar-refractivity contribution >= 4 is 33.9 Å². The fraction of sp³-hybridized carbons (Fsp3) is 0.368. The van der Waals surface area contributed by atoms with Crippen LogP contribution in [0.4, 0.5) is 10.1 Å². The van der Waals surface area contributed by atoms with E-state index in [2.05, 4.69) is 31.8 Å². The number of benzene rings is 1. The number of carbonyl (C=O) groups excluding carboxylic acids is 1. The van der Waals surface area contributed by atoms with Crippen molar-refractivity contribution in [2.75, 3.05) is 25.2 Å². The molecule has 0 saturated carbocycles. The molecule has 1 aromatic carbocycles. The van der Waals surface area contributed by atoms with Gasteiger partial charge in [0.05, 0.1) is 18.5 Å². The second-order valence-electron chi connectivity index (χ2n) is 7.32. The van der Waals surface area contributed by atoms with E-state index < -0.39 is 17.5 Å². The highest BCUT2D eigenvalue weighted by Gasteiger charge is 2.37. The topological polar surface area (TPSA) is 90.3 Å². The molecule has 159 valence electrons. The van der Waals surface area contributed by atoms with E-state index in [-0.39, 0.29) is 24.1 Å². The lowest BCUT2D eigenvalue weighted by Crippen LogP contribution is -2.46. The predicted molar refractivity (Wildman–Crippen MR) is 110 cm³/mol. The van der Waals surface area contributed by atoms with Crippen LogP contribution in [0.15, 0.2) is 51.5 Å². The highest BCUT2D eigenvalue weighted by molar-refractivity contribution is 9.10. The smallest absolute Gasteiger partial charge is 0.298 e. The Morgan fingerprint density at radius 1 is 1.50 bits per heavy atom. The van der Waals surface area contributed by atoms with Crippen LogP contribution in [0.3, 0.4) is 0 Å². The molecule has 1 atom stereocenters. The quantitative estimate of drug-likeness (QED) is 0.478. The third kappa shape index (κ3) is 4.71. The molecular weight excluding hydrogens is 461 g/mol. The second kappa shape index (κ2) is 8.44. The van der Waals surface area contributed by atoms with Gasteiger partial charge in [0.1, 0.15) is 25.1 Å². The number of aliphatic imine (C=N–C) groups is 1. The van der Waals surface area contributed by atoms with Crippen LogP contribution in [-0.4, -0.2) is 48.9 Å². The number of carbonyl (C=O) groups is 1. The number of hydroxylamine groups is 1. The van der Waals surface area contributed by atoms with Crippen LogP contribution in [0.25, 0.3) is 0 Å². The summed E-state index contributed by atoms with van der Waals surface area (Å²) in [7, 11) is 0. The molecular formula is C19H21BrFN5O4+. The zero-order valence-corrected chi connectivity index (χ0v) is 18.0. The van der Waals surface area contributed by atoms with Gasteiger partial charge in [-0.1, -0.05) is 20.8 Å². The maximum Gasteiger partial charge on any atom is 0.298 e. The van der Waals surface area contributed by atoms with E-state index in [1.54, 1.807) is 35.8 Å². The number of hydrogen-bond donors (Lipinski definition) is 2. The average molecular weight is 482 g/mol. The van der Waals surface area contributed by atoms with E-state index in [1.165, 1.54) is 11.1 Å². The number of fused-ring (bicyclic) bond motifs is 1. The number of nitrogens with zero attached hydrogens (tertiary/aromatic N) is 3. The summed E-state index contributed by atoms with van der Waals surface area (Å²) in [5, 5.41) is 1.53. The van der Waals surface area contributed by atoms with Crippen LogP contribution < -0.4 is 15.8 Å². The molecule has 0 bridgehead atoms. The first kappa shape index (κ1) is 20.9. The molecule has 30 heavy (non-hydrogen) atoms. The summed E-state index contributed by atoms with van der Waals surface area (Å²) in [4.78, 5) is 23.9. The van der Waals surface area contributed by atoms with Gasteiger partial charge >= 0.3 is 0 Å². The molecule has 9 nitrogen and oxygen atoms in total. The SMILES string of the molecule is CC1(C)OCC(CONC(=O)C2=C[N+]3C=NC=C3CN2Nc2ccc(Br)cc2F)O1. The van der Waals surface area contributed by atoms with Gasteiger partial charge < -0.3 is 9.47 Å². The molecule has 11 heteroatoms. The number of anilines is 1. The maximum absolute atomic E-state index is 14.3. The Morgan fingerprint density at radius 2 is 2.33 bits per heavy atom. The van der Waals surface area contributed by atoms with E-state index in [0.717, 1.165) is 5.70 Å². The number of amides is 1. The summed E-state index contributed by atoms with van der Waals surface area (Å²) < 4.78 is 26.0. The fourth-order valence-electron chi connectivity index (χ4n) is 3.12. The summed E-state index contributed by atoms with van der Waals surface area (Å²) in [6.07, 6.45) is 4.57. The van der Waals surface area contributed by atoms with Gasteiger partial charge in [-0.15, -0.1) is 0 Å². The molecule has 1 unspecified atom stereocenters. The zero-order chi connectivity index (χ0) is 21.3. The van der Waals surface area contributed by atoms with Crippen molar-refractivity contribution in [1.29, 1.82) is 0 Å². The first-order chi connectivity index (χ1) is 14.3. The highest BCUT2D eigenvalue weighted by atomic mass is 79.9.